The average molecular weight is 562 g/mol. The minimum absolute atomic E-state index is 0.0346. The highest BCUT2D eigenvalue weighted by molar-refractivity contribution is 5.86. The van der Waals surface area contributed by atoms with E-state index in [-0.39, 0.29) is 17.4 Å². The number of nitrogens with zero attached hydrogens (tertiary/aromatic N) is 3. The Labute approximate surface area is 241 Å². The number of aryl methyl sites for hydroxylation is 1. The molecule has 1 aromatic carbocycles. The van der Waals surface area contributed by atoms with Crippen molar-refractivity contribution < 1.29 is 23.8 Å². The lowest BCUT2D eigenvalue weighted by Gasteiger charge is -2.40. The van der Waals surface area contributed by atoms with Crippen molar-refractivity contribution in [1.82, 2.24) is 9.97 Å². The van der Waals surface area contributed by atoms with Crippen LogP contribution in [0.25, 0.3) is 11.1 Å². The van der Waals surface area contributed by atoms with Gasteiger partial charge in [-0.25, -0.2) is 14.2 Å². The highest BCUT2D eigenvalue weighted by Crippen LogP contribution is 2.43. The molecular weight excluding hydrogens is 521 g/mol. The molecule has 2 aliphatic rings. The Bertz CT molecular complexity index is 1410. The number of pyridine rings is 2. The lowest BCUT2D eigenvalue weighted by molar-refractivity contribution is -0.160. The predicted octanol–water partition coefficient (Wildman–Crippen LogP) is 6.70. The molecule has 1 aliphatic heterocycles. The molecule has 1 atom stereocenters. The topological polar surface area (TPSA) is 84.8 Å². The van der Waals surface area contributed by atoms with E-state index in [0.29, 0.717) is 40.9 Å². The molecule has 41 heavy (non-hydrogen) atoms. The van der Waals surface area contributed by atoms with Crippen molar-refractivity contribution in [2.45, 2.75) is 85.0 Å². The van der Waals surface area contributed by atoms with Crippen molar-refractivity contribution in [3.05, 3.63) is 70.9 Å². The minimum atomic E-state index is -1.24. The monoisotopic (exact) mass is 561 g/mol. The second kappa shape index (κ2) is 11.0. The van der Waals surface area contributed by atoms with Gasteiger partial charge in [-0.05, 0) is 63.1 Å². The first kappa shape index (κ1) is 29.0. The molecule has 1 fully saturated rings. The summed E-state index contributed by atoms with van der Waals surface area (Å²) in [6.07, 6.45) is 5.17. The summed E-state index contributed by atoms with van der Waals surface area (Å²) in [5.41, 5.74) is 4.82. The first-order valence-corrected chi connectivity index (χ1v) is 14.4. The molecule has 1 aliphatic carbocycles. The first-order chi connectivity index (χ1) is 19.3. The zero-order valence-corrected chi connectivity index (χ0v) is 24.8. The number of hydrogen-bond donors (Lipinski definition) is 1. The van der Waals surface area contributed by atoms with E-state index in [0.717, 1.165) is 25.9 Å². The van der Waals surface area contributed by atoms with Gasteiger partial charge in [-0.15, -0.1) is 0 Å². The van der Waals surface area contributed by atoms with Gasteiger partial charge in [0, 0.05) is 60.7 Å². The number of carboxylic acids is 1. The number of piperidine rings is 1. The molecule has 0 amide bonds. The van der Waals surface area contributed by atoms with E-state index in [9.17, 15) is 9.90 Å². The Kier molecular flexibility index (Phi) is 7.81. The van der Waals surface area contributed by atoms with Gasteiger partial charge in [0.2, 0.25) is 0 Å². The first-order valence-electron chi connectivity index (χ1n) is 14.4. The van der Waals surface area contributed by atoms with E-state index >= 15 is 4.39 Å². The zero-order chi connectivity index (χ0) is 29.5. The summed E-state index contributed by atoms with van der Waals surface area (Å²) in [6.45, 7) is 13.3. The molecular formula is C33H40FN3O4. The van der Waals surface area contributed by atoms with E-state index in [4.69, 9.17) is 9.47 Å². The summed E-state index contributed by atoms with van der Waals surface area (Å²) in [5, 5.41) is 10.3. The van der Waals surface area contributed by atoms with Gasteiger partial charge in [-0.3, -0.25) is 4.98 Å². The van der Waals surface area contributed by atoms with Crippen molar-refractivity contribution in [2.24, 2.45) is 5.41 Å². The smallest absolute Gasteiger partial charge is 0.337 e. The Morgan fingerprint density at radius 1 is 1.10 bits per heavy atom. The van der Waals surface area contributed by atoms with Gasteiger partial charge in [-0.1, -0.05) is 38.1 Å². The van der Waals surface area contributed by atoms with Gasteiger partial charge in [0.15, 0.2) is 11.9 Å². The third-order valence-electron chi connectivity index (χ3n) is 8.09. The maximum Gasteiger partial charge on any atom is 0.337 e. The Balaban J connectivity index is 1.54. The van der Waals surface area contributed by atoms with Gasteiger partial charge in [0.25, 0.3) is 5.88 Å². The van der Waals surface area contributed by atoms with Crippen LogP contribution in [0, 0.1) is 18.2 Å². The van der Waals surface area contributed by atoms with Crippen LogP contribution in [0.1, 0.15) is 75.9 Å². The van der Waals surface area contributed by atoms with Crippen LogP contribution in [0.15, 0.2) is 42.7 Å². The average Bonchev–Trinajstić information content (AvgIpc) is 3.30. The number of fused-ring (bicyclic) bond motifs is 1. The molecule has 3 heterocycles. The molecule has 1 saturated heterocycles. The van der Waals surface area contributed by atoms with Crippen LogP contribution in [0.2, 0.25) is 0 Å². The molecule has 0 bridgehead atoms. The Morgan fingerprint density at radius 2 is 1.73 bits per heavy atom. The number of carbonyl (C=O) groups is 1. The summed E-state index contributed by atoms with van der Waals surface area (Å²) in [5.74, 6) is -1.69. The number of rotatable bonds is 7. The SMILES string of the molecule is Cc1ncc(-c2cnc(OC3Cc4ccccc4C3)c(F)c2)c(N2CCC(C)(C)CC2)c1C(OC(C)(C)C)C(=O)O. The molecule has 1 unspecified atom stereocenters. The van der Waals surface area contributed by atoms with Crippen LogP contribution in [-0.4, -0.2) is 45.8 Å². The van der Waals surface area contributed by atoms with E-state index in [1.807, 2.05) is 32.9 Å². The Morgan fingerprint density at radius 3 is 2.29 bits per heavy atom. The fraction of sp³-hybridized carbons (Fsp3) is 0.485. The van der Waals surface area contributed by atoms with Crippen LogP contribution in [0.4, 0.5) is 10.1 Å². The van der Waals surface area contributed by atoms with Crippen LogP contribution >= 0.6 is 0 Å². The maximum atomic E-state index is 15.5. The van der Waals surface area contributed by atoms with Crippen molar-refractivity contribution in [3.8, 4) is 17.0 Å². The van der Waals surface area contributed by atoms with Gasteiger partial charge in [0.1, 0.15) is 6.10 Å². The van der Waals surface area contributed by atoms with Gasteiger partial charge < -0.3 is 19.5 Å². The number of carboxylic acid groups (broad SMARTS) is 1. The summed E-state index contributed by atoms with van der Waals surface area (Å²) < 4.78 is 27.6. The van der Waals surface area contributed by atoms with E-state index in [1.54, 1.807) is 19.3 Å². The summed E-state index contributed by atoms with van der Waals surface area (Å²) >= 11 is 0. The molecule has 8 heteroatoms. The van der Waals surface area contributed by atoms with Crippen molar-refractivity contribution in [3.63, 3.8) is 0 Å². The normalized spacial score (nSPS) is 17.8. The van der Waals surface area contributed by atoms with Crippen LogP contribution in [0.5, 0.6) is 5.88 Å². The molecule has 3 aromatic rings. The number of anilines is 1. The third-order valence-corrected chi connectivity index (χ3v) is 8.09. The number of aliphatic carboxylic acids is 1. The number of hydrogen-bond acceptors (Lipinski definition) is 6. The molecule has 0 saturated carbocycles. The molecule has 7 nitrogen and oxygen atoms in total. The number of halogens is 1. The number of aromatic nitrogens is 2. The highest BCUT2D eigenvalue weighted by Gasteiger charge is 2.36. The largest absolute Gasteiger partial charge is 0.479 e. The molecule has 218 valence electrons. The second-order valence-corrected chi connectivity index (χ2v) is 13.0. The van der Waals surface area contributed by atoms with Crippen LogP contribution in [-0.2, 0) is 22.4 Å². The predicted molar refractivity (Wildman–Crippen MR) is 157 cm³/mol. The fourth-order valence-corrected chi connectivity index (χ4v) is 5.82. The summed E-state index contributed by atoms with van der Waals surface area (Å²) in [6, 6.07) is 9.57. The molecule has 5 rings (SSSR count). The molecule has 2 aromatic heterocycles. The standard InChI is InChI=1S/C33H40FN3O4/c1-20-27(29(31(38)39)41-32(2,3)4)28(37-13-11-33(5,6)12-14-37)25(19-35-20)23-17-26(34)30(36-18-23)40-24-15-21-9-7-8-10-22(21)16-24/h7-10,17-19,24,29H,11-16H2,1-6H3,(H,38,39). The van der Waals surface area contributed by atoms with Crippen molar-refractivity contribution >= 4 is 11.7 Å². The molecule has 0 radical (unpaired) electrons. The van der Waals surface area contributed by atoms with Gasteiger partial charge in [0.05, 0.1) is 11.3 Å². The van der Waals surface area contributed by atoms with Gasteiger partial charge >= 0.3 is 5.97 Å². The van der Waals surface area contributed by atoms with Crippen molar-refractivity contribution in [1.29, 1.82) is 0 Å². The van der Waals surface area contributed by atoms with Crippen LogP contribution in [0.3, 0.4) is 0 Å². The van der Waals surface area contributed by atoms with Gasteiger partial charge in [-0.2, -0.15) is 0 Å². The number of benzene rings is 1. The summed E-state index contributed by atoms with van der Waals surface area (Å²) in [7, 11) is 0. The fourth-order valence-electron chi connectivity index (χ4n) is 5.82. The number of ether oxygens (including phenoxy) is 2. The summed E-state index contributed by atoms with van der Waals surface area (Å²) in [4.78, 5) is 23.8. The van der Waals surface area contributed by atoms with E-state index in [2.05, 4.69) is 40.8 Å². The quantitative estimate of drug-likeness (QED) is 0.343. The lowest BCUT2D eigenvalue weighted by Crippen LogP contribution is -2.39. The maximum absolute atomic E-state index is 15.5. The minimum Gasteiger partial charge on any atom is -0.479 e. The second-order valence-electron chi connectivity index (χ2n) is 13.0. The van der Waals surface area contributed by atoms with Crippen LogP contribution < -0.4 is 9.64 Å². The van der Waals surface area contributed by atoms with E-state index in [1.165, 1.54) is 17.2 Å². The zero-order valence-electron chi connectivity index (χ0n) is 24.8. The Hall–Kier alpha value is -3.52. The lowest BCUT2D eigenvalue weighted by atomic mass is 9.82. The van der Waals surface area contributed by atoms with Crippen molar-refractivity contribution in [2.75, 3.05) is 18.0 Å². The molecule has 0 spiro atoms. The third kappa shape index (κ3) is 6.38. The highest BCUT2D eigenvalue weighted by atomic mass is 19.1. The van der Waals surface area contributed by atoms with E-state index < -0.39 is 23.5 Å². The molecule has 1 N–H and O–H groups in total.